The summed E-state index contributed by atoms with van der Waals surface area (Å²) in [6.45, 7) is 7.50. The van der Waals surface area contributed by atoms with E-state index in [1.54, 1.807) is 0 Å². The second kappa shape index (κ2) is 5.59. The van der Waals surface area contributed by atoms with Gasteiger partial charge in [0.25, 0.3) is 11.8 Å². The lowest BCUT2D eigenvalue weighted by Crippen LogP contribution is -2.35. The summed E-state index contributed by atoms with van der Waals surface area (Å²) in [6, 6.07) is 7.95. The maximum atomic E-state index is 11.5. The van der Waals surface area contributed by atoms with Crippen LogP contribution in [0.1, 0.15) is 31.9 Å². The van der Waals surface area contributed by atoms with Crippen LogP contribution in [0.4, 0.5) is 0 Å². The second-order valence-electron chi connectivity index (χ2n) is 6.02. The minimum Gasteiger partial charge on any atom is -0.308 e. The van der Waals surface area contributed by atoms with Gasteiger partial charge in [0.1, 0.15) is 0 Å². The van der Waals surface area contributed by atoms with Crippen molar-refractivity contribution in [1.29, 1.82) is 0 Å². The third-order valence-corrected chi connectivity index (χ3v) is 3.09. The van der Waals surface area contributed by atoms with E-state index in [1.165, 1.54) is 22.6 Å². The zero-order valence-electron chi connectivity index (χ0n) is 12.1. The number of benzene rings is 1. The lowest BCUT2D eigenvalue weighted by molar-refractivity contribution is -0.137. The largest absolute Gasteiger partial charge is 0.308 e. The average molecular weight is 272 g/mol. The fraction of sp³-hybridized carbons (Fsp3) is 0.375. The molecule has 0 bridgehead atoms. The zero-order valence-corrected chi connectivity index (χ0v) is 12.1. The van der Waals surface area contributed by atoms with Gasteiger partial charge < -0.3 is 5.32 Å². The van der Waals surface area contributed by atoms with Gasteiger partial charge in [0.05, 0.1) is 6.54 Å². The Labute approximate surface area is 119 Å². The number of imide groups is 1. The van der Waals surface area contributed by atoms with E-state index < -0.39 is 0 Å². The number of hydrogen-bond donors (Lipinski definition) is 1. The molecule has 0 saturated carbocycles. The highest BCUT2D eigenvalue weighted by atomic mass is 16.2. The molecule has 0 atom stereocenters. The van der Waals surface area contributed by atoms with Crippen molar-refractivity contribution in [3.05, 3.63) is 47.5 Å². The van der Waals surface area contributed by atoms with E-state index in [-0.39, 0.29) is 17.4 Å². The van der Waals surface area contributed by atoms with Crippen LogP contribution < -0.4 is 5.32 Å². The smallest absolute Gasteiger partial charge is 0.253 e. The molecule has 20 heavy (non-hydrogen) atoms. The van der Waals surface area contributed by atoms with Crippen molar-refractivity contribution in [3.8, 4) is 0 Å². The van der Waals surface area contributed by atoms with E-state index in [0.29, 0.717) is 6.54 Å². The van der Waals surface area contributed by atoms with Gasteiger partial charge in [-0.15, -0.1) is 0 Å². The Morgan fingerprint density at radius 1 is 0.950 bits per heavy atom. The van der Waals surface area contributed by atoms with Gasteiger partial charge in [-0.2, -0.15) is 0 Å². The number of carbonyl (C=O) groups excluding carboxylic acids is 2. The number of carbonyl (C=O) groups is 2. The Hall–Kier alpha value is -1.94. The highest BCUT2D eigenvalue weighted by molar-refractivity contribution is 6.12. The van der Waals surface area contributed by atoms with Gasteiger partial charge in [0.15, 0.2) is 0 Å². The predicted molar refractivity (Wildman–Crippen MR) is 77.7 cm³/mol. The third-order valence-electron chi connectivity index (χ3n) is 3.09. The summed E-state index contributed by atoms with van der Waals surface area (Å²) in [5, 5.41) is 3.42. The summed E-state index contributed by atoms with van der Waals surface area (Å²) in [4.78, 5) is 24.2. The highest BCUT2D eigenvalue weighted by Crippen LogP contribution is 2.12. The van der Waals surface area contributed by atoms with Crippen molar-refractivity contribution in [2.75, 3.05) is 0 Å². The van der Waals surface area contributed by atoms with Gasteiger partial charge in [0, 0.05) is 24.2 Å². The van der Waals surface area contributed by atoms with E-state index in [0.717, 1.165) is 12.1 Å². The number of rotatable bonds is 4. The number of hydrogen-bond acceptors (Lipinski definition) is 3. The summed E-state index contributed by atoms with van der Waals surface area (Å²) >= 11 is 0. The molecule has 2 amide bonds. The average Bonchev–Trinajstić information content (AvgIpc) is 2.69. The molecule has 106 valence electrons. The summed E-state index contributed by atoms with van der Waals surface area (Å²) in [5.41, 5.74) is 2.22. The van der Waals surface area contributed by atoms with Crippen molar-refractivity contribution in [2.24, 2.45) is 0 Å². The van der Waals surface area contributed by atoms with Crippen LogP contribution in [-0.4, -0.2) is 22.3 Å². The predicted octanol–water partition coefficient (Wildman–Crippen LogP) is 2.00. The molecule has 1 N–H and O–H groups in total. The molecule has 1 aliphatic rings. The van der Waals surface area contributed by atoms with Crippen LogP contribution >= 0.6 is 0 Å². The maximum Gasteiger partial charge on any atom is 0.253 e. The molecule has 0 aromatic heterocycles. The molecule has 0 spiro atoms. The van der Waals surface area contributed by atoms with Gasteiger partial charge in [-0.1, -0.05) is 24.3 Å². The van der Waals surface area contributed by atoms with Gasteiger partial charge in [0.2, 0.25) is 0 Å². The molecule has 1 aromatic carbocycles. The van der Waals surface area contributed by atoms with Crippen molar-refractivity contribution < 1.29 is 9.59 Å². The van der Waals surface area contributed by atoms with E-state index in [4.69, 9.17) is 0 Å². The molecule has 0 fully saturated rings. The topological polar surface area (TPSA) is 49.4 Å². The van der Waals surface area contributed by atoms with Crippen molar-refractivity contribution in [2.45, 2.75) is 39.4 Å². The summed E-state index contributed by atoms with van der Waals surface area (Å²) < 4.78 is 0. The summed E-state index contributed by atoms with van der Waals surface area (Å²) in [7, 11) is 0. The van der Waals surface area contributed by atoms with E-state index in [2.05, 4.69) is 26.1 Å². The monoisotopic (exact) mass is 272 g/mol. The van der Waals surface area contributed by atoms with Gasteiger partial charge in [-0.05, 0) is 31.9 Å². The van der Waals surface area contributed by atoms with Crippen LogP contribution in [-0.2, 0) is 22.7 Å². The van der Waals surface area contributed by atoms with Gasteiger partial charge in [-0.3, -0.25) is 14.5 Å². The second-order valence-corrected chi connectivity index (χ2v) is 6.02. The Bertz CT molecular complexity index is 521. The first-order valence-corrected chi connectivity index (χ1v) is 6.71. The highest BCUT2D eigenvalue weighted by Gasteiger charge is 2.23. The SMILES string of the molecule is CC(C)(C)NCc1ccc(CN2C(=O)C=CC2=O)cc1. The Balaban J connectivity index is 1.95. The fourth-order valence-electron chi connectivity index (χ4n) is 1.90. The molecule has 0 unspecified atom stereocenters. The normalized spacial score (nSPS) is 15.2. The van der Waals surface area contributed by atoms with Crippen LogP contribution in [0.2, 0.25) is 0 Å². The Kier molecular flexibility index (Phi) is 4.04. The van der Waals surface area contributed by atoms with Crippen molar-refractivity contribution in [1.82, 2.24) is 10.2 Å². The molecule has 0 aliphatic carbocycles. The number of amides is 2. The molecule has 1 aliphatic heterocycles. The quantitative estimate of drug-likeness (QED) is 0.853. The van der Waals surface area contributed by atoms with Crippen LogP contribution in [0.5, 0.6) is 0 Å². The van der Waals surface area contributed by atoms with Crippen LogP contribution in [0.25, 0.3) is 0 Å². The Morgan fingerprint density at radius 3 is 1.95 bits per heavy atom. The van der Waals surface area contributed by atoms with E-state index in [9.17, 15) is 9.59 Å². The van der Waals surface area contributed by atoms with Crippen LogP contribution in [0.15, 0.2) is 36.4 Å². The lowest BCUT2D eigenvalue weighted by Gasteiger charge is -2.20. The Morgan fingerprint density at radius 2 is 1.45 bits per heavy atom. The van der Waals surface area contributed by atoms with Gasteiger partial charge >= 0.3 is 0 Å². The molecule has 4 nitrogen and oxygen atoms in total. The first kappa shape index (κ1) is 14.5. The third kappa shape index (κ3) is 3.78. The molecule has 0 saturated heterocycles. The van der Waals surface area contributed by atoms with Crippen LogP contribution in [0, 0.1) is 0 Å². The minimum atomic E-state index is -0.242. The van der Waals surface area contributed by atoms with Crippen molar-refractivity contribution in [3.63, 3.8) is 0 Å². The standard InChI is InChI=1S/C16H20N2O2/c1-16(2,3)17-10-12-4-6-13(7-5-12)11-18-14(19)8-9-15(18)20/h4-9,17H,10-11H2,1-3H3. The number of nitrogens with zero attached hydrogens (tertiary/aromatic N) is 1. The molecule has 0 radical (unpaired) electrons. The zero-order chi connectivity index (χ0) is 14.8. The first-order valence-electron chi connectivity index (χ1n) is 6.71. The summed E-state index contributed by atoms with van der Waals surface area (Å²) in [5.74, 6) is -0.484. The molecule has 1 heterocycles. The molecule has 1 aromatic rings. The summed E-state index contributed by atoms with van der Waals surface area (Å²) in [6.07, 6.45) is 2.62. The molecule has 2 rings (SSSR count). The van der Waals surface area contributed by atoms with Crippen LogP contribution in [0.3, 0.4) is 0 Å². The fourth-order valence-corrected chi connectivity index (χ4v) is 1.90. The molecule has 4 heteroatoms. The lowest BCUT2D eigenvalue weighted by atomic mass is 10.1. The minimum absolute atomic E-state index is 0.0821. The van der Waals surface area contributed by atoms with Gasteiger partial charge in [-0.25, -0.2) is 0 Å². The van der Waals surface area contributed by atoms with E-state index >= 15 is 0 Å². The van der Waals surface area contributed by atoms with E-state index in [1.807, 2.05) is 24.3 Å². The maximum absolute atomic E-state index is 11.5. The first-order chi connectivity index (χ1) is 9.35. The van der Waals surface area contributed by atoms with Crippen molar-refractivity contribution >= 4 is 11.8 Å². The molecular weight excluding hydrogens is 252 g/mol. The number of nitrogens with one attached hydrogen (secondary N) is 1. The molecular formula is C16H20N2O2.